The van der Waals surface area contributed by atoms with E-state index in [1.165, 1.54) is 26.0 Å². The summed E-state index contributed by atoms with van der Waals surface area (Å²) in [6.45, 7) is 4.82. The van der Waals surface area contributed by atoms with Gasteiger partial charge in [0.1, 0.15) is 0 Å². The molecule has 0 amide bonds. The Labute approximate surface area is 188 Å². The fraction of sp³-hybridized carbons (Fsp3) is 0.591. The van der Waals surface area contributed by atoms with Crippen LogP contribution in [0, 0.1) is 5.82 Å². The van der Waals surface area contributed by atoms with Gasteiger partial charge >= 0.3 is 0 Å². The number of anilines is 4. The summed E-state index contributed by atoms with van der Waals surface area (Å²) in [5.74, 6) is 0.693. The van der Waals surface area contributed by atoms with E-state index >= 15 is 0 Å². The van der Waals surface area contributed by atoms with Crippen LogP contribution in [-0.4, -0.2) is 58.8 Å². The molecular formula is C22H33FN8O. The molecule has 174 valence electrons. The molecular weight excluding hydrogens is 411 g/mol. The summed E-state index contributed by atoms with van der Waals surface area (Å²) in [6.07, 6.45) is 6.47. The molecule has 2 aliphatic heterocycles. The van der Waals surface area contributed by atoms with Gasteiger partial charge in [-0.15, -0.1) is 0 Å². The van der Waals surface area contributed by atoms with Crippen LogP contribution in [0.15, 0.2) is 18.2 Å². The van der Waals surface area contributed by atoms with Crippen LogP contribution in [0.25, 0.3) is 0 Å². The number of rotatable bonds is 8. The van der Waals surface area contributed by atoms with Crippen LogP contribution in [0.1, 0.15) is 45.4 Å². The van der Waals surface area contributed by atoms with Gasteiger partial charge in [0.15, 0.2) is 11.6 Å². The van der Waals surface area contributed by atoms with Crippen molar-refractivity contribution >= 4 is 23.5 Å². The van der Waals surface area contributed by atoms with E-state index < -0.39 is 5.82 Å². The van der Waals surface area contributed by atoms with E-state index in [2.05, 4.69) is 32.5 Å². The Morgan fingerprint density at radius 3 is 2.72 bits per heavy atom. The molecule has 2 saturated heterocycles. The zero-order valence-electron chi connectivity index (χ0n) is 18.9. The van der Waals surface area contributed by atoms with E-state index in [4.69, 9.17) is 15.5 Å². The molecule has 4 rings (SSSR count). The molecule has 2 fully saturated rings. The molecule has 0 saturated carbocycles. The number of hydrogen-bond acceptors (Lipinski definition) is 9. The lowest BCUT2D eigenvalue weighted by molar-refractivity contribution is 0.228. The molecule has 9 nitrogen and oxygen atoms in total. The first-order chi connectivity index (χ1) is 15.6. The molecule has 0 radical (unpaired) electrons. The van der Waals surface area contributed by atoms with Crippen LogP contribution in [0.3, 0.4) is 0 Å². The Kier molecular flexibility index (Phi) is 7.21. The number of hydrazine groups is 1. The van der Waals surface area contributed by atoms with Crippen molar-refractivity contribution in [2.45, 2.75) is 57.5 Å². The lowest BCUT2D eigenvalue weighted by Crippen LogP contribution is -2.44. The standard InChI is InChI=1S/C22H33FN8O/c1-3-17(18-8-7-11-25-18)26-21-27-20(24)28-22(29-21)31(30-12-5-4-6-13-30)15-9-10-19(32-2)16(23)14-15/h9-10,14,17-18,25H,3-8,11-13H2,1-2H3,(H3,24,26,27,28,29). The van der Waals surface area contributed by atoms with Crippen LogP contribution >= 0.6 is 0 Å². The monoisotopic (exact) mass is 444 g/mol. The predicted octanol–water partition coefficient (Wildman–Crippen LogP) is 3.08. The van der Waals surface area contributed by atoms with E-state index in [1.807, 2.05) is 5.01 Å². The summed E-state index contributed by atoms with van der Waals surface area (Å²) in [7, 11) is 1.45. The summed E-state index contributed by atoms with van der Waals surface area (Å²) in [6, 6.07) is 5.42. The second kappa shape index (κ2) is 10.3. The third-order valence-electron chi connectivity index (χ3n) is 6.16. The Bertz CT molecular complexity index is 901. The van der Waals surface area contributed by atoms with Crippen molar-refractivity contribution in [2.24, 2.45) is 0 Å². The van der Waals surface area contributed by atoms with E-state index in [0.717, 1.165) is 45.3 Å². The van der Waals surface area contributed by atoms with Crippen molar-refractivity contribution in [2.75, 3.05) is 42.8 Å². The van der Waals surface area contributed by atoms with E-state index in [-0.39, 0.29) is 17.7 Å². The molecule has 32 heavy (non-hydrogen) atoms. The minimum Gasteiger partial charge on any atom is -0.494 e. The maximum absolute atomic E-state index is 14.6. The number of hydrogen-bond donors (Lipinski definition) is 3. The van der Waals surface area contributed by atoms with E-state index in [0.29, 0.717) is 23.6 Å². The second-order valence-corrected chi connectivity index (χ2v) is 8.32. The summed E-state index contributed by atoms with van der Waals surface area (Å²) < 4.78 is 19.7. The van der Waals surface area contributed by atoms with Crippen molar-refractivity contribution in [1.29, 1.82) is 0 Å². The molecule has 2 atom stereocenters. The first-order valence-electron chi connectivity index (χ1n) is 11.5. The molecule has 1 aromatic carbocycles. The number of halogens is 1. The normalized spacial score (nSPS) is 20.2. The second-order valence-electron chi connectivity index (χ2n) is 8.32. The van der Waals surface area contributed by atoms with Crippen molar-refractivity contribution in [1.82, 2.24) is 25.3 Å². The summed E-state index contributed by atoms with van der Waals surface area (Å²) >= 11 is 0. The van der Waals surface area contributed by atoms with Gasteiger partial charge in [-0.1, -0.05) is 13.3 Å². The molecule has 4 N–H and O–H groups in total. The van der Waals surface area contributed by atoms with E-state index in [9.17, 15) is 4.39 Å². The largest absolute Gasteiger partial charge is 0.494 e. The van der Waals surface area contributed by atoms with Gasteiger partial charge in [-0.25, -0.2) is 14.4 Å². The van der Waals surface area contributed by atoms with Crippen molar-refractivity contribution in [3.8, 4) is 5.75 Å². The number of nitrogens with two attached hydrogens (primary N) is 1. The molecule has 2 unspecified atom stereocenters. The molecule has 2 aliphatic rings. The zero-order valence-corrected chi connectivity index (χ0v) is 18.9. The topological polar surface area (TPSA) is 104 Å². The van der Waals surface area contributed by atoms with Crippen LogP contribution in [0.5, 0.6) is 5.75 Å². The number of nitrogens with one attached hydrogen (secondary N) is 2. The van der Waals surface area contributed by atoms with Crippen LogP contribution in [0.2, 0.25) is 0 Å². The number of piperidine rings is 1. The van der Waals surface area contributed by atoms with Gasteiger partial charge in [-0.3, -0.25) is 0 Å². The average molecular weight is 445 g/mol. The minimum atomic E-state index is -0.439. The van der Waals surface area contributed by atoms with Crippen LogP contribution in [0.4, 0.5) is 27.9 Å². The quantitative estimate of drug-likeness (QED) is 0.566. The number of methoxy groups -OCH3 is 1. The van der Waals surface area contributed by atoms with Gasteiger partial charge in [-0.05, 0) is 50.8 Å². The average Bonchev–Trinajstić information content (AvgIpc) is 3.33. The predicted molar refractivity (Wildman–Crippen MR) is 123 cm³/mol. The van der Waals surface area contributed by atoms with Crippen LogP contribution < -0.4 is 26.1 Å². The maximum Gasteiger partial charge on any atom is 0.251 e. The first kappa shape index (κ1) is 22.5. The number of ether oxygens (including phenoxy) is 1. The minimum absolute atomic E-state index is 0.128. The number of benzene rings is 1. The molecule has 0 bridgehead atoms. The van der Waals surface area contributed by atoms with Gasteiger partial charge in [-0.2, -0.15) is 15.0 Å². The highest BCUT2D eigenvalue weighted by molar-refractivity contribution is 5.59. The van der Waals surface area contributed by atoms with Crippen LogP contribution in [-0.2, 0) is 0 Å². The highest BCUT2D eigenvalue weighted by Crippen LogP contribution is 2.31. The third-order valence-corrected chi connectivity index (χ3v) is 6.16. The van der Waals surface area contributed by atoms with Crippen molar-refractivity contribution in [3.63, 3.8) is 0 Å². The van der Waals surface area contributed by atoms with Gasteiger partial charge in [0, 0.05) is 31.2 Å². The smallest absolute Gasteiger partial charge is 0.251 e. The van der Waals surface area contributed by atoms with Gasteiger partial charge in [0.05, 0.1) is 12.8 Å². The van der Waals surface area contributed by atoms with Gasteiger partial charge in [0.2, 0.25) is 11.9 Å². The van der Waals surface area contributed by atoms with Crippen molar-refractivity contribution in [3.05, 3.63) is 24.0 Å². The number of nitrogen functional groups attached to an aromatic ring is 1. The number of aromatic nitrogens is 3. The lowest BCUT2D eigenvalue weighted by Gasteiger charge is -2.37. The molecule has 0 aliphatic carbocycles. The summed E-state index contributed by atoms with van der Waals surface area (Å²) in [4.78, 5) is 13.5. The summed E-state index contributed by atoms with van der Waals surface area (Å²) in [5.41, 5.74) is 6.71. The van der Waals surface area contributed by atoms with E-state index in [1.54, 1.807) is 12.1 Å². The Morgan fingerprint density at radius 1 is 1.25 bits per heavy atom. The first-order valence-corrected chi connectivity index (χ1v) is 11.5. The molecule has 0 spiro atoms. The highest BCUT2D eigenvalue weighted by Gasteiger charge is 2.27. The third kappa shape index (κ3) is 5.02. The lowest BCUT2D eigenvalue weighted by atomic mass is 10.0. The Hall–Kier alpha value is -2.72. The van der Waals surface area contributed by atoms with Gasteiger partial charge < -0.3 is 21.1 Å². The molecule has 2 aromatic rings. The molecule has 3 heterocycles. The fourth-order valence-corrected chi connectivity index (χ4v) is 4.52. The molecule has 10 heteroatoms. The Morgan fingerprint density at radius 2 is 2.06 bits per heavy atom. The SMILES string of the molecule is CCC(Nc1nc(N)nc(N(c2ccc(OC)c(F)c2)N2CCCCC2)n1)C1CCCN1. The summed E-state index contributed by atoms with van der Waals surface area (Å²) in [5, 5.41) is 11.0. The fourth-order valence-electron chi connectivity index (χ4n) is 4.52. The maximum atomic E-state index is 14.6. The molecule has 1 aromatic heterocycles. The highest BCUT2D eigenvalue weighted by atomic mass is 19.1. The zero-order chi connectivity index (χ0) is 22.5. The van der Waals surface area contributed by atoms with Crippen molar-refractivity contribution < 1.29 is 9.13 Å². The number of nitrogens with zero attached hydrogens (tertiary/aromatic N) is 5. The Balaban J connectivity index is 1.68. The van der Waals surface area contributed by atoms with Gasteiger partial charge in [0.25, 0.3) is 5.95 Å².